The van der Waals surface area contributed by atoms with E-state index in [0.29, 0.717) is 23.6 Å². The zero-order valence-electron chi connectivity index (χ0n) is 15.1. The molecule has 1 amide bonds. The van der Waals surface area contributed by atoms with E-state index in [1.165, 1.54) is 0 Å². The molecule has 0 aliphatic rings. The van der Waals surface area contributed by atoms with E-state index in [2.05, 4.69) is 5.10 Å². The largest absolute Gasteiger partial charge is 0.460 e. The molecule has 0 bridgehead atoms. The van der Waals surface area contributed by atoms with Crippen LogP contribution in [0.5, 0.6) is 0 Å². The van der Waals surface area contributed by atoms with Crippen LogP contribution in [-0.2, 0) is 6.54 Å². The Morgan fingerprint density at radius 2 is 2.00 bits per heavy atom. The lowest BCUT2D eigenvalue weighted by atomic mass is 10.2. The Morgan fingerprint density at radius 1 is 1.19 bits per heavy atom. The third-order valence-electron chi connectivity index (χ3n) is 4.29. The van der Waals surface area contributed by atoms with Gasteiger partial charge in [-0.3, -0.25) is 4.79 Å². The number of carbonyl (C=O) groups excluding carboxylic acids is 1. The van der Waals surface area contributed by atoms with Crippen LogP contribution in [0.25, 0.3) is 17.1 Å². The summed E-state index contributed by atoms with van der Waals surface area (Å²) >= 11 is 1.62. The van der Waals surface area contributed by atoms with Gasteiger partial charge >= 0.3 is 0 Å². The summed E-state index contributed by atoms with van der Waals surface area (Å²) in [6, 6.07) is 15.5. The quantitative estimate of drug-likeness (QED) is 0.503. The standard InChI is InChI=1S/C21H19N3O2S/c1-15-8-9-19(26-15)20-18(13-24(22-20)17-6-4-3-5-7-17)21(25)23(2)12-16-10-11-27-14-16/h3-11,13-14H,12H2,1-2H3. The normalized spacial score (nSPS) is 10.9. The van der Waals surface area contributed by atoms with E-state index < -0.39 is 0 Å². The first kappa shape index (κ1) is 17.3. The van der Waals surface area contributed by atoms with Gasteiger partial charge in [0, 0.05) is 19.8 Å². The summed E-state index contributed by atoms with van der Waals surface area (Å²) in [7, 11) is 1.80. The van der Waals surface area contributed by atoms with Gasteiger partial charge in [-0.25, -0.2) is 4.68 Å². The molecular weight excluding hydrogens is 358 g/mol. The molecule has 1 aromatic carbocycles. The number of aromatic nitrogens is 2. The molecule has 0 aliphatic heterocycles. The molecule has 0 radical (unpaired) electrons. The van der Waals surface area contributed by atoms with Gasteiger partial charge in [0.25, 0.3) is 5.91 Å². The number of amides is 1. The fourth-order valence-electron chi connectivity index (χ4n) is 2.92. The van der Waals surface area contributed by atoms with Crippen molar-refractivity contribution in [3.05, 3.63) is 82.4 Å². The molecule has 0 aliphatic carbocycles. The number of aryl methyl sites for hydroxylation is 1. The molecule has 0 N–H and O–H groups in total. The van der Waals surface area contributed by atoms with Crippen LogP contribution in [0.15, 0.2) is 69.9 Å². The van der Waals surface area contributed by atoms with Gasteiger partial charge in [0.05, 0.1) is 11.3 Å². The lowest BCUT2D eigenvalue weighted by molar-refractivity contribution is 0.0786. The van der Waals surface area contributed by atoms with Crippen LogP contribution in [0, 0.1) is 6.92 Å². The fraction of sp³-hybridized carbons (Fsp3) is 0.143. The minimum atomic E-state index is -0.0903. The second-order valence-corrected chi connectivity index (χ2v) is 7.15. The smallest absolute Gasteiger partial charge is 0.257 e. The molecule has 27 heavy (non-hydrogen) atoms. The van der Waals surface area contributed by atoms with Crippen LogP contribution in [0.3, 0.4) is 0 Å². The Bertz CT molecular complexity index is 1050. The molecule has 0 spiro atoms. The van der Waals surface area contributed by atoms with Crippen molar-refractivity contribution in [1.82, 2.24) is 14.7 Å². The highest BCUT2D eigenvalue weighted by atomic mass is 32.1. The predicted molar refractivity (Wildman–Crippen MR) is 106 cm³/mol. The summed E-state index contributed by atoms with van der Waals surface area (Å²) in [4.78, 5) is 14.9. The van der Waals surface area contributed by atoms with Gasteiger partial charge in [-0.2, -0.15) is 16.4 Å². The first-order valence-electron chi connectivity index (χ1n) is 8.60. The van der Waals surface area contributed by atoms with Crippen LogP contribution in [0.4, 0.5) is 0 Å². The topological polar surface area (TPSA) is 51.3 Å². The first-order valence-corrected chi connectivity index (χ1v) is 9.54. The number of para-hydroxylation sites is 1. The lowest BCUT2D eigenvalue weighted by Gasteiger charge is -2.16. The number of thiophene rings is 1. The van der Waals surface area contributed by atoms with Gasteiger partial charge < -0.3 is 9.32 Å². The summed E-state index contributed by atoms with van der Waals surface area (Å²) in [5.74, 6) is 1.28. The van der Waals surface area contributed by atoms with Crippen LogP contribution in [0.2, 0.25) is 0 Å². The van der Waals surface area contributed by atoms with Crippen molar-refractivity contribution in [2.45, 2.75) is 13.5 Å². The van der Waals surface area contributed by atoms with E-state index in [1.54, 1.807) is 34.2 Å². The summed E-state index contributed by atoms with van der Waals surface area (Å²) in [5, 5.41) is 8.70. The molecule has 136 valence electrons. The molecule has 0 fully saturated rings. The Labute approximate surface area is 161 Å². The maximum Gasteiger partial charge on any atom is 0.257 e. The Hall–Kier alpha value is -3.12. The highest BCUT2D eigenvalue weighted by molar-refractivity contribution is 7.07. The molecule has 0 unspecified atom stereocenters. The molecule has 4 rings (SSSR count). The molecule has 5 nitrogen and oxygen atoms in total. The van der Waals surface area contributed by atoms with E-state index in [0.717, 1.165) is 17.0 Å². The number of carbonyl (C=O) groups is 1. The number of nitrogens with zero attached hydrogens (tertiary/aromatic N) is 3. The van der Waals surface area contributed by atoms with Gasteiger partial charge in [0.2, 0.25) is 0 Å². The number of hydrogen-bond acceptors (Lipinski definition) is 4. The van der Waals surface area contributed by atoms with Gasteiger partial charge in [-0.15, -0.1) is 0 Å². The van der Waals surface area contributed by atoms with Crippen molar-refractivity contribution in [3.8, 4) is 17.1 Å². The van der Waals surface area contributed by atoms with Gasteiger partial charge in [-0.1, -0.05) is 18.2 Å². The number of furan rings is 1. The molecule has 0 saturated carbocycles. The van der Waals surface area contributed by atoms with Crippen molar-refractivity contribution < 1.29 is 9.21 Å². The number of benzene rings is 1. The SMILES string of the molecule is Cc1ccc(-c2nn(-c3ccccc3)cc2C(=O)N(C)Cc2ccsc2)o1. The Morgan fingerprint density at radius 3 is 2.67 bits per heavy atom. The maximum atomic E-state index is 13.2. The highest BCUT2D eigenvalue weighted by Crippen LogP contribution is 2.27. The van der Waals surface area contributed by atoms with Gasteiger partial charge in [0.1, 0.15) is 11.5 Å². The monoisotopic (exact) mass is 377 g/mol. The second-order valence-electron chi connectivity index (χ2n) is 6.37. The van der Waals surface area contributed by atoms with Crippen molar-refractivity contribution in [2.75, 3.05) is 7.05 Å². The molecule has 6 heteroatoms. The van der Waals surface area contributed by atoms with Gasteiger partial charge in [-0.05, 0) is 53.6 Å². The lowest BCUT2D eigenvalue weighted by Crippen LogP contribution is -2.26. The zero-order chi connectivity index (χ0) is 18.8. The molecule has 0 saturated heterocycles. The van der Waals surface area contributed by atoms with Crippen molar-refractivity contribution in [3.63, 3.8) is 0 Å². The fourth-order valence-corrected chi connectivity index (χ4v) is 3.58. The average molecular weight is 377 g/mol. The van der Waals surface area contributed by atoms with Crippen molar-refractivity contribution >= 4 is 17.2 Å². The van der Waals surface area contributed by atoms with E-state index in [-0.39, 0.29) is 5.91 Å². The molecular formula is C21H19N3O2S. The maximum absolute atomic E-state index is 13.2. The third-order valence-corrected chi connectivity index (χ3v) is 5.02. The van der Waals surface area contributed by atoms with Crippen LogP contribution < -0.4 is 0 Å². The first-order chi connectivity index (χ1) is 13.1. The van der Waals surface area contributed by atoms with Crippen molar-refractivity contribution in [2.24, 2.45) is 0 Å². The average Bonchev–Trinajstić information content (AvgIpc) is 3.42. The van der Waals surface area contributed by atoms with Crippen LogP contribution in [-0.4, -0.2) is 27.6 Å². The zero-order valence-corrected chi connectivity index (χ0v) is 15.9. The summed E-state index contributed by atoms with van der Waals surface area (Å²) < 4.78 is 7.47. The molecule has 0 atom stereocenters. The molecule has 3 aromatic heterocycles. The molecule has 3 heterocycles. The Balaban J connectivity index is 1.73. The van der Waals surface area contributed by atoms with E-state index in [1.807, 2.05) is 66.2 Å². The summed E-state index contributed by atoms with van der Waals surface area (Å²) in [6.07, 6.45) is 1.77. The van der Waals surface area contributed by atoms with E-state index >= 15 is 0 Å². The number of hydrogen-bond donors (Lipinski definition) is 0. The van der Waals surface area contributed by atoms with Crippen LogP contribution >= 0.6 is 11.3 Å². The second kappa shape index (κ2) is 7.25. The van der Waals surface area contributed by atoms with Crippen molar-refractivity contribution in [1.29, 1.82) is 0 Å². The predicted octanol–water partition coefficient (Wildman–Crippen LogP) is 4.77. The van der Waals surface area contributed by atoms with Gasteiger partial charge in [0.15, 0.2) is 5.76 Å². The minimum absolute atomic E-state index is 0.0903. The summed E-state index contributed by atoms with van der Waals surface area (Å²) in [5.41, 5.74) is 3.07. The third kappa shape index (κ3) is 3.57. The summed E-state index contributed by atoms with van der Waals surface area (Å²) in [6.45, 7) is 2.43. The number of rotatable bonds is 5. The van der Waals surface area contributed by atoms with E-state index in [9.17, 15) is 4.79 Å². The minimum Gasteiger partial charge on any atom is -0.460 e. The van der Waals surface area contributed by atoms with E-state index in [4.69, 9.17) is 4.42 Å². The Kier molecular flexibility index (Phi) is 4.64. The molecule has 4 aromatic rings. The van der Waals surface area contributed by atoms with Crippen LogP contribution in [0.1, 0.15) is 21.7 Å². The highest BCUT2D eigenvalue weighted by Gasteiger charge is 2.23.